The molecule has 0 amide bonds. The first-order chi connectivity index (χ1) is 8.25. The number of likely N-dealkylation sites (N-methyl/N-ethyl adjacent to an activating group) is 1. The summed E-state index contributed by atoms with van der Waals surface area (Å²) in [7, 11) is 2.18. The Labute approximate surface area is 105 Å². The minimum atomic E-state index is 0.564. The maximum atomic E-state index is 5.95. The standard InChI is InChI=1S/C13H26N4/c1-17-9-5-8-12(17)10-15-13(14)16-11-6-3-2-4-7-11/h11-12H,2-10H2,1H3,(H3,14,15,16). The van der Waals surface area contributed by atoms with Crippen LogP contribution in [0.3, 0.4) is 0 Å². The lowest BCUT2D eigenvalue weighted by Gasteiger charge is -2.23. The molecule has 0 spiro atoms. The Morgan fingerprint density at radius 3 is 2.65 bits per heavy atom. The second kappa shape index (κ2) is 6.24. The highest BCUT2D eigenvalue weighted by Gasteiger charge is 2.20. The zero-order valence-electron chi connectivity index (χ0n) is 11.0. The van der Waals surface area contributed by atoms with E-state index in [1.807, 2.05) is 0 Å². The van der Waals surface area contributed by atoms with E-state index in [1.165, 1.54) is 51.5 Å². The Balaban J connectivity index is 1.72. The zero-order valence-corrected chi connectivity index (χ0v) is 11.0. The Morgan fingerprint density at radius 2 is 2.00 bits per heavy atom. The summed E-state index contributed by atoms with van der Waals surface area (Å²) in [5.41, 5.74) is 5.95. The number of hydrogen-bond donors (Lipinski definition) is 2. The van der Waals surface area contributed by atoms with Crippen molar-refractivity contribution in [3.8, 4) is 0 Å². The fourth-order valence-corrected chi connectivity index (χ4v) is 2.92. The van der Waals surface area contributed by atoms with Gasteiger partial charge in [0.1, 0.15) is 0 Å². The lowest BCUT2D eigenvalue weighted by atomic mass is 9.96. The molecule has 1 aliphatic heterocycles. The van der Waals surface area contributed by atoms with E-state index in [0.29, 0.717) is 18.0 Å². The zero-order chi connectivity index (χ0) is 12.1. The predicted octanol–water partition coefficient (Wildman–Crippen LogP) is 1.32. The molecule has 0 radical (unpaired) electrons. The first-order valence-electron chi connectivity index (χ1n) is 7.02. The molecule has 3 N–H and O–H groups in total. The number of guanidine groups is 1. The lowest BCUT2D eigenvalue weighted by Crippen LogP contribution is -2.41. The van der Waals surface area contributed by atoms with Gasteiger partial charge in [-0.15, -0.1) is 0 Å². The van der Waals surface area contributed by atoms with Crippen LogP contribution >= 0.6 is 0 Å². The van der Waals surface area contributed by atoms with Crippen molar-refractivity contribution >= 4 is 5.96 Å². The predicted molar refractivity (Wildman–Crippen MR) is 72.2 cm³/mol. The van der Waals surface area contributed by atoms with Crippen molar-refractivity contribution in [2.24, 2.45) is 10.7 Å². The van der Waals surface area contributed by atoms with Gasteiger partial charge in [0.05, 0.1) is 6.54 Å². The number of hydrogen-bond acceptors (Lipinski definition) is 2. The van der Waals surface area contributed by atoms with Crippen molar-refractivity contribution < 1.29 is 0 Å². The lowest BCUT2D eigenvalue weighted by molar-refractivity contribution is 0.317. The van der Waals surface area contributed by atoms with Gasteiger partial charge in [0.15, 0.2) is 5.96 Å². The summed E-state index contributed by atoms with van der Waals surface area (Å²) >= 11 is 0. The highest BCUT2D eigenvalue weighted by atomic mass is 15.2. The molecule has 2 fully saturated rings. The minimum Gasteiger partial charge on any atom is -0.370 e. The molecule has 17 heavy (non-hydrogen) atoms. The Hall–Kier alpha value is -0.770. The van der Waals surface area contributed by atoms with Crippen molar-refractivity contribution in [2.45, 2.75) is 57.0 Å². The van der Waals surface area contributed by atoms with Crippen molar-refractivity contribution in [1.82, 2.24) is 10.2 Å². The maximum absolute atomic E-state index is 5.95. The average Bonchev–Trinajstić information content (AvgIpc) is 2.74. The van der Waals surface area contributed by atoms with Gasteiger partial charge < -0.3 is 16.0 Å². The van der Waals surface area contributed by atoms with Crippen LogP contribution in [0.25, 0.3) is 0 Å². The Bertz CT molecular complexity index is 258. The topological polar surface area (TPSA) is 53.6 Å². The van der Waals surface area contributed by atoms with Crippen molar-refractivity contribution in [2.75, 3.05) is 20.1 Å². The van der Waals surface area contributed by atoms with Gasteiger partial charge >= 0.3 is 0 Å². The number of nitrogens with zero attached hydrogens (tertiary/aromatic N) is 2. The molecule has 1 saturated carbocycles. The third-order valence-electron chi connectivity index (χ3n) is 4.10. The van der Waals surface area contributed by atoms with Gasteiger partial charge in [-0.3, -0.25) is 4.99 Å². The SMILES string of the molecule is CN1CCCC1CN=C(N)NC1CCCCC1. The summed E-state index contributed by atoms with van der Waals surface area (Å²) in [5.74, 6) is 0.650. The van der Waals surface area contributed by atoms with Crippen molar-refractivity contribution in [1.29, 1.82) is 0 Å². The molecule has 1 atom stereocenters. The molecule has 1 unspecified atom stereocenters. The summed E-state index contributed by atoms with van der Waals surface area (Å²) in [4.78, 5) is 6.88. The summed E-state index contributed by atoms with van der Waals surface area (Å²) in [5, 5.41) is 3.37. The first kappa shape index (κ1) is 12.7. The first-order valence-corrected chi connectivity index (χ1v) is 7.02. The van der Waals surface area contributed by atoms with Crippen LogP contribution in [-0.4, -0.2) is 43.1 Å². The van der Waals surface area contributed by atoms with E-state index >= 15 is 0 Å². The van der Waals surface area contributed by atoms with E-state index in [-0.39, 0.29) is 0 Å². The molecular formula is C13H26N4. The van der Waals surface area contributed by atoms with Crippen LogP contribution in [0.5, 0.6) is 0 Å². The largest absolute Gasteiger partial charge is 0.370 e. The van der Waals surface area contributed by atoms with Crippen LogP contribution in [0, 0.1) is 0 Å². The Kier molecular flexibility index (Phi) is 4.66. The molecule has 2 aliphatic rings. The molecule has 98 valence electrons. The minimum absolute atomic E-state index is 0.564. The third-order valence-corrected chi connectivity index (χ3v) is 4.10. The van der Waals surface area contributed by atoms with Crippen LogP contribution in [-0.2, 0) is 0 Å². The van der Waals surface area contributed by atoms with E-state index in [1.54, 1.807) is 0 Å². The third kappa shape index (κ3) is 3.87. The number of likely N-dealkylation sites (tertiary alicyclic amines) is 1. The van der Waals surface area contributed by atoms with Crippen LogP contribution in [0.4, 0.5) is 0 Å². The molecule has 0 aromatic rings. The van der Waals surface area contributed by atoms with Gasteiger partial charge in [0, 0.05) is 12.1 Å². The van der Waals surface area contributed by atoms with Crippen molar-refractivity contribution in [3.05, 3.63) is 0 Å². The van der Waals surface area contributed by atoms with Crippen LogP contribution in [0.2, 0.25) is 0 Å². The quantitative estimate of drug-likeness (QED) is 0.576. The van der Waals surface area contributed by atoms with Gasteiger partial charge in [0.2, 0.25) is 0 Å². The van der Waals surface area contributed by atoms with E-state index in [4.69, 9.17) is 5.73 Å². The molecule has 4 heteroatoms. The molecule has 0 bridgehead atoms. The van der Waals surface area contributed by atoms with Crippen molar-refractivity contribution in [3.63, 3.8) is 0 Å². The van der Waals surface area contributed by atoms with Gasteiger partial charge in [-0.25, -0.2) is 0 Å². The number of nitrogens with one attached hydrogen (secondary N) is 1. The number of aliphatic imine (C=N–C) groups is 1. The van der Waals surface area contributed by atoms with E-state index < -0.39 is 0 Å². The van der Waals surface area contributed by atoms with Crippen LogP contribution in [0.1, 0.15) is 44.9 Å². The molecule has 1 saturated heterocycles. The highest BCUT2D eigenvalue weighted by molar-refractivity contribution is 5.78. The summed E-state index contributed by atoms with van der Waals surface area (Å²) in [6.07, 6.45) is 9.09. The monoisotopic (exact) mass is 238 g/mol. The molecule has 0 aromatic heterocycles. The highest BCUT2D eigenvalue weighted by Crippen LogP contribution is 2.17. The van der Waals surface area contributed by atoms with Crippen LogP contribution in [0.15, 0.2) is 4.99 Å². The smallest absolute Gasteiger partial charge is 0.188 e. The van der Waals surface area contributed by atoms with Gasteiger partial charge in [-0.05, 0) is 39.3 Å². The fourth-order valence-electron chi connectivity index (χ4n) is 2.92. The summed E-state index contributed by atoms with van der Waals surface area (Å²) in [6.45, 7) is 2.05. The van der Waals surface area contributed by atoms with E-state index in [9.17, 15) is 0 Å². The second-order valence-corrected chi connectivity index (χ2v) is 5.48. The van der Waals surface area contributed by atoms with Gasteiger partial charge in [0.25, 0.3) is 0 Å². The fraction of sp³-hybridized carbons (Fsp3) is 0.923. The van der Waals surface area contributed by atoms with E-state index in [0.717, 1.165) is 6.54 Å². The maximum Gasteiger partial charge on any atom is 0.188 e. The molecule has 0 aromatic carbocycles. The number of nitrogens with two attached hydrogens (primary N) is 1. The molecular weight excluding hydrogens is 212 g/mol. The average molecular weight is 238 g/mol. The second-order valence-electron chi connectivity index (χ2n) is 5.48. The van der Waals surface area contributed by atoms with Crippen LogP contribution < -0.4 is 11.1 Å². The normalized spacial score (nSPS) is 28.5. The van der Waals surface area contributed by atoms with E-state index in [2.05, 4.69) is 22.3 Å². The summed E-state index contributed by atoms with van der Waals surface area (Å²) in [6, 6.07) is 1.16. The Morgan fingerprint density at radius 1 is 1.24 bits per heavy atom. The molecule has 1 heterocycles. The van der Waals surface area contributed by atoms with Gasteiger partial charge in [-0.2, -0.15) is 0 Å². The summed E-state index contributed by atoms with van der Waals surface area (Å²) < 4.78 is 0. The number of rotatable bonds is 3. The molecule has 2 rings (SSSR count). The molecule has 1 aliphatic carbocycles. The molecule has 4 nitrogen and oxygen atoms in total. The van der Waals surface area contributed by atoms with Gasteiger partial charge in [-0.1, -0.05) is 19.3 Å².